The number of fused-ring (bicyclic) bond motifs is 1. The van der Waals surface area contributed by atoms with Gasteiger partial charge in [0.05, 0.1) is 49.5 Å². The minimum Gasteiger partial charge on any atom is -0.453 e. The summed E-state index contributed by atoms with van der Waals surface area (Å²) < 4.78 is 42.1. The van der Waals surface area contributed by atoms with Crippen molar-refractivity contribution in [3.05, 3.63) is 53.1 Å². The number of carbonyl (C=O) groups is 2. The van der Waals surface area contributed by atoms with Crippen molar-refractivity contribution in [3.8, 4) is 11.4 Å². The predicted molar refractivity (Wildman–Crippen MR) is 112 cm³/mol. The summed E-state index contributed by atoms with van der Waals surface area (Å²) in [7, 11) is 1.30. The molecule has 0 aliphatic carbocycles. The second-order valence-electron chi connectivity index (χ2n) is 7.63. The van der Waals surface area contributed by atoms with Gasteiger partial charge in [-0.3, -0.25) is 4.79 Å². The second-order valence-corrected chi connectivity index (χ2v) is 7.63. The molecule has 1 fully saturated rings. The van der Waals surface area contributed by atoms with E-state index in [0.717, 1.165) is 17.7 Å². The first-order chi connectivity index (χ1) is 15.3. The van der Waals surface area contributed by atoms with Crippen LogP contribution in [0.1, 0.15) is 15.9 Å². The second kappa shape index (κ2) is 8.54. The number of benzene rings is 2. The fourth-order valence-electron chi connectivity index (χ4n) is 3.87. The molecule has 1 atom stereocenters. The summed E-state index contributed by atoms with van der Waals surface area (Å²) in [5.41, 5.74) is 6.67. The van der Waals surface area contributed by atoms with Gasteiger partial charge in [0.1, 0.15) is 17.5 Å². The fraction of sp³-hybridized carbons (Fsp3) is 0.318. The lowest BCUT2D eigenvalue weighted by Gasteiger charge is -2.32. The molecule has 0 spiro atoms. The number of amides is 2. The number of halogens is 2. The number of methoxy groups -OCH3 is 1. The average Bonchev–Trinajstić information content (AvgIpc) is 3.09. The van der Waals surface area contributed by atoms with E-state index in [1.165, 1.54) is 12.0 Å². The number of rotatable bonds is 4. The number of hydrogen-bond acceptors (Lipinski definition) is 5. The van der Waals surface area contributed by atoms with Crippen molar-refractivity contribution >= 4 is 23.0 Å². The Labute approximate surface area is 182 Å². The predicted octanol–water partition coefficient (Wildman–Crippen LogP) is 2.86. The number of morpholine rings is 1. The third-order valence-electron chi connectivity index (χ3n) is 5.41. The Balaban J connectivity index is 1.80. The minimum absolute atomic E-state index is 0.0513. The zero-order chi connectivity index (χ0) is 23.0. The summed E-state index contributed by atoms with van der Waals surface area (Å²) in [6.07, 6.45) is -0.917. The summed E-state index contributed by atoms with van der Waals surface area (Å²) >= 11 is 0. The molecule has 1 aliphatic heterocycles. The summed E-state index contributed by atoms with van der Waals surface area (Å²) in [5, 5.41) is 0. The van der Waals surface area contributed by atoms with E-state index in [1.807, 2.05) is 25.1 Å². The molecule has 0 unspecified atom stereocenters. The molecule has 10 heteroatoms. The zero-order valence-electron chi connectivity index (χ0n) is 17.6. The zero-order valence-corrected chi connectivity index (χ0v) is 17.6. The maximum absolute atomic E-state index is 14.9. The third kappa shape index (κ3) is 4.01. The molecule has 2 amide bonds. The molecule has 3 aromatic rings. The van der Waals surface area contributed by atoms with Crippen LogP contribution in [0.4, 0.5) is 13.6 Å². The van der Waals surface area contributed by atoms with Crippen LogP contribution < -0.4 is 5.73 Å². The maximum atomic E-state index is 14.9. The molecule has 1 aliphatic rings. The monoisotopic (exact) mass is 444 g/mol. The first kappa shape index (κ1) is 21.7. The van der Waals surface area contributed by atoms with Crippen LogP contribution in [0.25, 0.3) is 22.4 Å². The standard InChI is InChI=1S/C22H22F2N4O4/c1-12-3-4-18-17(7-12)26-21(19-15(23)8-13(20(25)29)9-16(19)24)28(18)11-14-10-27(5-6-32-14)22(30)31-2/h3-4,7-9,14H,5-6,10-11H2,1-2H3,(H2,25,29)/t14-/m1/s1. The highest BCUT2D eigenvalue weighted by atomic mass is 19.1. The van der Waals surface area contributed by atoms with Gasteiger partial charge in [-0.05, 0) is 36.8 Å². The third-order valence-corrected chi connectivity index (χ3v) is 5.41. The molecule has 2 heterocycles. The normalized spacial score (nSPS) is 16.4. The number of nitrogens with zero attached hydrogens (tertiary/aromatic N) is 3. The van der Waals surface area contributed by atoms with E-state index in [1.54, 1.807) is 4.57 Å². The Hall–Kier alpha value is -3.53. The number of primary amides is 1. The number of aryl methyl sites for hydroxylation is 1. The van der Waals surface area contributed by atoms with Crippen molar-refractivity contribution in [1.82, 2.24) is 14.5 Å². The van der Waals surface area contributed by atoms with Crippen LogP contribution in [0.3, 0.4) is 0 Å². The molecule has 32 heavy (non-hydrogen) atoms. The van der Waals surface area contributed by atoms with E-state index in [4.69, 9.17) is 15.2 Å². The molecule has 8 nitrogen and oxygen atoms in total. The first-order valence-electron chi connectivity index (χ1n) is 9.99. The SMILES string of the molecule is COC(=O)N1CCO[C@@H](Cn2c(-c3c(F)cc(C(N)=O)cc3F)nc3cc(C)ccc32)C1. The van der Waals surface area contributed by atoms with Crippen LogP contribution in [0, 0.1) is 18.6 Å². The van der Waals surface area contributed by atoms with E-state index in [-0.39, 0.29) is 30.0 Å². The minimum atomic E-state index is -0.951. The Bertz CT molecular complexity index is 1190. The van der Waals surface area contributed by atoms with Gasteiger partial charge in [-0.25, -0.2) is 18.6 Å². The van der Waals surface area contributed by atoms with Crippen molar-refractivity contribution in [2.24, 2.45) is 5.73 Å². The van der Waals surface area contributed by atoms with Gasteiger partial charge in [-0.15, -0.1) is 0 Å². The van der Waals surface area contributed by atoms with Gasteiger partial charge < -0.3 is 24.7 Å². The number of carbonyl (C=O) groups excluding carboxylic acids is 2. The van der Waals surface area contributed by atoms with E-state index in [9.17, 15) is 18.4 Å². The molecule has 168 valence electrons. The van der Waals surface area contributed by atoms with Gasteiger partial charge in [0.15, 0.2) is 0 Å². The molecule has 1 aromatic heterocycles. The van der Waals surface area contributed by atoms with Gasteiger partial charge in [-0.1, -0.05) is 6.07 Å². The van der Waals surface area contributed by atoms with E-state index >= 15 is 0 Å². The van der Waals surface area contributed by atoms with Gasteiger partial charge in [0.2, 0.25) is 5.91 Å². The Morgan fingerprint density at radius 1 is 1.25 bits per heavy atom. The number of nitrogens with two attached hydrogens (primary N) is 1. The highest BCUT2D eigenvalue weighted by Crippen LogP contribution is 2.31. The number of hydrogen-bond donors (Lipinski definition) is 1. The largest absolute Gasteiger partial charge is 0.453 e. The summed E-state index contributed by atoms with van der Waals surface area (Å²) in [5.74, 6) is -2.78. The van der Waals surface area contributed by atoms with Gasteiger partial charge in [0, 0.05) is 12.1 Å². The Kier molecular flexibility index (Phi) is 5.79. The molecule has 2 aromatic carbocycles. The van der Waals surface area contributed by atoms with Crippen LogP contribution in [0.5, 0.6) is 0 Å². The molecule has 0 bridgehead atoms. The maximum Gasteiger partial charge on any atom is 0.409 e. The Morgan fingerprint density at radius 2 is 1.97 bits per heavy atom. The molecule has 0 saturated carbocycles. The van der Waals surface area contributed by atoms with E-state index < -0.39 is 29.7 Å². The highest BCUT2D eigenvalue weighted by molar-refractivity contribution is 5.93. The molecular formula is C22H22F2N4O4. The number of ether oxygens (including phenoxy) is 2. The van der Waals surface area contributed by atoms with Crippen molar-refractivity contribution < 1.29 is 27.8 Å². The quantitative estimate of drug-likeness (QED) is 0.667. The van der Waals surface area contributed by atoms with Crippen LogP contribution >= 0.6 is 0 Å². The van der Waals surface area contributed by atoms with Crippen molar-refractivity contribution in [3.63, 3.8) is 0 Å². The van der Waals surface area contributed by atoms with Gasteiger partial charge >= 0.3 is 6.09 Å². The number of imidazole rings is 1. The van der Waals surface area contributed by atoms with Crippen molar-refractivity contribution in [1.29, 1.82) is 0 Å². The lowest BCUT2D eigenvalue weighted by atomic mass is 10.1. The van der Waals surface area contributed by atoms with Gasteiger partial charge in [-0.2, -0.15) is 0 Å². The first-order valence-corrected chi connectivity index (χ1v) is 9.99. The van der Waals surface area contributed by atoms with Crippen molar-refractivity contribution in [2.45, 2.75) is 19.6 Å². The average molecular weight is 444 g/mol. The van der Waals surface area contributed by atoms with Crippen LogP contribution in [0.15, 0.2) is 30.3 Å². The van der Waals surface area contributed by atoms with Crippen molar-refractivity contribution in [2.75, 3.05) is 26.8 Å². The topological polar surface area (TPSA) is 99.7 Å². The molecular weight excluding hydrogens is 422 g/mol. The molecule has 0 radical (unpaired) electrons. The molecule has 2 N–H and O–H groups in total. The highest BCUT2D eigenvalue weighted by Gasteiger charge is 2.28. The van der Waals surface area contributed by atoms with Crippen LogP contribution in [0.2, 0.25) is 0 Å². The van der Waals surface area contributed by atoms with Crippen LogP contribution in [-0.2, 0) is 16.0 Å². The number of aromatic nitrogens is 2. The lowest BCUT2D eigenvalue weighted by molar-refractivity contribution is -0.0310. The van der Waals surface area contributed by atoms with Gasteiger partial charge in [0.25, 0.3) is 0 Å². The molecule has 4 rings (SSSR count). The van der Waals surface area contributed by atoms with Crippen LogP contribution in [-0.4, -0.2) is 59.4 Å². The molecule has 1 saturated heterocycles. The van der Waals surface area contributed by atoms with E-state index in [0.29, 0.717) is 24.2 Å². The summed E-state index contributed by atoms with van der Waals surface area (Å²) in [6.45, 7) is 3.02. The summed E-state index contributed by atoms with van der Waals surface area (Å²) in [4.78, 5) is 29.3. The summed E-state index contributed by atoms with van der Waals surface area (Å²) in [6, 6.07) is 7.29. The fourth-order valence-corrected chi connectivity index (χ4v) is 3.87. The smallest absolute Gasteiger partial charge is 0.409 e. The lowest BCUT2D eigenvalue weighted by Crippen LogP contribution is -2.47. The Morgan fingerprint density at radius 3 is 2.62 bits per heavy atom. The van der Waals surface area contributed by atoms with E-state index in [2.05, 4.69) is 4.98 Å².